The van der Waals surface area contributed by atoms with Crippen LogP contribution in [-0.4, -0.2) is 0 Å². The Morgan fingerprint density at radius 3 is 1.81 bits per heavy atom. The van der Waals surface area contributed by atoms with E-state index in [9.17, 15) is 0 Å². The van der Waals surface area contributed by atoms with Crippen molar-refractivity contribution in [2.24, 2.45) is 23.2 Å². The average molecular weight is 297 g/mol. The lowest BCUT2D eigenvalue weighted by Crippen LogP contribution is -2.10. The van der Waals surface area contributed by atoms with E-state index in [0.717, 1.165) is 17.8 Å². The van der Waals surface area contributed by atoms with E-state index in [-0.39, 0.29) is 0 Å². The third-order valence-corrected chi connectivity index (χ3v) is 5.20. The molecule has 0 nitrogen and oxygen atoms in total. The van der Waals surface area contributed by atoms with Gasteiger partial charge in [-0.25, -0.2) is 0 Å². The van der Waals surface area contributed by atoms with Crippen LogP contribution in [0.4, 0.5) is 0 Å². The Labute approximate surface area is 136 Å². The van der Waals surface area contributed by atoms with Gasteiger partial charge < -0.3 is 0 Å². The Morgan fingerprint density at radius 1 is 0.667 bits per heavy atom. The van der Waals surface area contributed by atoms with Gasteiger partial charge in [-0.1, -0.05) is 106 Å². The first-order valence-electron chi connectivity index (χ1n) is 9.76. The van der Waals surface area contributed by atoms with Crippen LogP contribution in [0.1, 0.15) is 113 Å². The molecule has 0 heteroatoms. The number of rotatable bonds is 12. The first-order valence-corrected chi connectivity index (χ1v) is 9.76. The second-order valence-electron chi connectivity index (χ2n) is 8.94. The minimum atomic E-state index is 0.525. The van der Waals surface area contributed by atoms with Gasteiger partial charge >= 0.3 is 0 Å². The van der Waals surface area contributed by atoms with Gasteiger partial charge in [-0.05, 0) is 29.6 Å². The summed E-state index contributed by atoms with van der Waals surface area (Å²) in [5, 5.41) is 0. The highest BCUT2D eigenvalue weighted by Crippen LogP contribution is 2.26. The van der Waals surface area contributed by atoms with Crippen LogP contribution in [0.25, 0.3) is 0 Å². The fraction of sp³-hybridized carbons (Fsp3) is 1.00. The van der Waals surface area contributed by atoms with E-state index in [1.807, 2.05) is 0 Å². The molecule has 0 heterocycles. The summed E-state index contributed by atoms with van der Waals surface area (Å²) in [6.45, 7) is 16.8. The molecule has 3 unspecified atom stereocenters. The summed E-state index contributed by atoms with van der Waals surface area (Å²) in [6, 6.07) is 0. The van der Waals surface area contributed by atoms with Crippen molar-refractivity contribution in [2.45, 2.75) is 113 Å². The minimum absolute atomic E-state index is 0.525. The highest BCUT2D eigenvalue weighted by molar-refractivity contribution is 4.65. The van der Waals surface area contributed by atoms with Crippen LogP contribution < -0.4 is 0 Å². The summed E-state index contributed by atoms with van der Waals surface area (Å²) in [4.78, 5) is 0. The molecule has 0 fully saturated rings. The fourth-order valence-electron chi connectivity index (χ4n) is 3.23. The van der Waals surface area contributed by atoms with E-state index >= 15 is 0 Å². The van der Waals surface area contributed by atoms with Crippen molar-refractivity contribution >= 4 is 0 Å². The van der Waals surface area contributed by atoms with E-state index in [1.165, 1.54) is 64.2 Å². The molecule has 0 N–H and O–H groups in total. The van der Waals surface area contributed by atoms with Gasteiger partial charge in [0.05, 0.1) is 0 Å². The van der Waals surface area contributed by atoms with Crippen molar-refractivity contribution < 1.29 is 0 Å². The third kappa shape index (κ3) is 13.4. The van der Waals surface area contributed by atoms with Crippen LogP contribution in [0, 0.1) is 23.2 Å². The molecule has 0 saturated heterocycles. The van der Waals surface area contributed by atoms with Crippen molar-refractivity contribution in [3.8, 4) is 0 Å². The van der Waals surface area contributed by atoms with Gasteiger partial charge in [-0.15, -0.1) is 0 Å². The molecular formula is C21H44. The van der Waals surface area contributed by atoms with Gasteiger partial charge in [0, 0.05) is 0 Å². The molecule has 21 heavy (non-hydrogen) atoms. The average Bonchev–Trinajstić information content (AvgIpc) is 2.38. The second kappa shape index (κ2) is 11.6. The molecule has 0 spiro atoms. The van der Waals surface area contributed by atoms with Crippen LogP contribution >= 0.6 is 0 Å². The Morgan fingerprint density at radius 2 is 1.24 bits per heavy atom. The lowest BCUT2D eigenvalue weighted by atomic mass is 9.84. The molecule has 0 amide bonds. The Bertz CT molecular complexity index is 223. The van der Waals surface area contributed by atoms with Crippen molar-refractivity contribution in [1.82, 2.24) is 0 Å². The van der Waals surface area contributed by atoms with Crippen LogP contribution in [0.15, 0.2) is 0 Å². The monoisotopic (exact) mass is 296 g/mol. The largest absolute Gasteiger partial charge is 0.0654 e. The Balaban J connectivity index is 3.57. The smallest absolute Gasteiger partial charge is 0.0383 e. The lowest BCUT2D eigenvalue weighted by molar-refractivity contribution is 0.301. The van der Waals surface area contributed by atoms with Crippen LogP contribution in [-0.2, 0) is 0 Å². The van der Waals surface area contributed by atoms with Gasteiger partial charge in [-0.2, -0.15) is 0 Å². The predicted molar refractivity (Wildman–Crippen MR) is 98.8 cm³/mol. The zero-order chi connectivity index (χ0) is 16.3. The molecule has 128 valence electrons. The molecule has 0 radical (unpaired) electrons. The maximum atomic E-state index is 2.48. The summed E-state index contributed by atoms with van der Waals surface area (Å²) in [5.74, 6) is 2.77. The van der Waals surface area contributed by atoms with E-state index in [1.54, 1.807) is 0 Å². The first-order chi connectivity index (χ1) is 9.76. The first kappa shape index (κ1) is 21.0. The summed E-state index contributed by atoms with van der Waals surface area (Å²) in [6.07, 6.45) is 14.2. The number of unbranched alkanes of at least 4 members (excludes halogenated alkanes) is 3. The van der Waals surface area contributed by atoms with E-state index in [4.69, 9.17) is 0 Å². The standard InChI is InChI=1S/C21H44/c1-8-13-18(2)15-16-20(4)19(3)14-11-9-10-12-17-21(5,6)7/h18-20H,8-17H2,1-7H3. The molecule has 0 saturated carbocycles. The molecule has 0 bridgehead atoms. The normalized spacial score (nSPS) is 16.7. The SMILES string of the molecule is CCCC(C)CCC(C)C(C)CCCCCCC(C)(C)C. The van der Waals surface area contributed by atoms with Crippen LogP contribution in [0.2, 0.25) is 0 Å². The molecule has 3 atom stereocenters. The summed E-state index contributed by atoms with van der Waals surface area (Å²) >= 11 is 0. The van der Waals surface area contributed by atoms with E-state index in [0.29, 0.717) is 5.41 Å². The lowest BCUT2D eigenvalue weighted by Gasteiger charge is -2.22. The second-order valence-corrected chi connectivity index (χ2v) is 8.94. The molecule has 0 aromatic carbocycles. The Hall–Kier alpha value is 0. The van der Waals surface area contributed by atoms with Crippen LogP contribution in [0.3, 0.4) is 0 Å². The zero-order valence-electron chi connectivity index (χ0n) is 16.3. The van der Waals surface area contributed by atoms with Gasteiger partial charge in [0.1, 0.15) is 0 Å². The van der Waals surface area contributed by atoms with Gasteiger partial charge in [0.25, 0.3) is 0 Å². The molecule has 0 rings (SSSR count). The minimum Gasteiger partial charge on any atom is -0.0654 e. The highest BCUT2D eigenvalue weighted by Gasteiger charge is 2.13. The van der Waals surface area contributed by atoms with Gasteiger partial charge in [0.15, 0.2) is 0 Å². The maximum absolute atomic E-state index is 2.48. The predicted octanol–water partition coefficient (Wildman–Crippen LogP) is 7.86. The van der Waals surface area contributed by atoms with Gasteiger partial charge in [0.2, 0.25) is 0 Å². The van der Waals surface area contributed by atoms with Crippen molar-refractivity contribution in [3.63, 3.8) is 0 Å². The quantitative estimate of drug-likeness (QED) is 0.321. The molecule has 0 aliphatic heterocycles. The van der Waals surface area contributed by atoms with Crippen molar-refractivity contribution in [1.29, 1.82) is 0 Å². The van der Waals surface area contributed by atoms with Crippen molar-refractivity contribution in [2.75, 3.05) is 0 Å². The number of hydrogen-bond donors (Lipinski definition) is 0. The highest BCUT2D eigenvalue weighted by atomic mass is 14.2. The topological polar surface area (TPSA) is 0 Å². The Kier molecular flexibility index (Phi) is 11.6. The summed E-state index contributed by atoms with van der Waals surface area (Å²) in [7, 11) is 0. The maximum Gasteiger partial charge on any atom is -0.0383 e. The van der Waals surface area contributed by atoms with Crippen molar-refractivity contribution in [3.05, 3.63) is 0 Å². The summed E-state index contributed by atoms with van der Waals surface area (Å²) < 4.78 is 0. The van der Waals surface area contributed by atoms with Gasteiger partial charge in [-0.3, -0.25) is 0 Å². The third-order valence-electron chi connectivity index (χ3n) is 5.20. The number of hydrogen-bond acceptors (Lipinski definition) is 0. The molecule has 0 aromatic heterocycles. The van der Waals surface area contributed by atoms with E-state index < -0.39 is 0 Å². The molecule has 0 aliphatic carbocycles. The summed E-state index contributed by atoms with van der Waals surface area (Å²) in [5.41, 5.74) is 0.525. The molecule has 0 aliphatic rings. The van der Waals surface area contributed by atoms with E-state index in [2.05, 4.69) is 48.5 Å². The molecule has 0 aromatic rings. The zero-order valence-corrected chi connectivity index (χ0v) is 16.3. The molecular weight excluding hydrogens is 252 g/mol. The fourth-order valence-corrected chi connectivity index (χ4v) is 3.23. The van der Waals surface area contributed by atoms with Crippen LogP contribution in [0.5, 0.6) is 0 Å².